The lowest BCUT2D eigenvalue weighted by Gasteiger charge is -2.26. The van der Waals surface area contributed by atoms with Crippen molar-refractivity contribution in [1.29, 1.82) is 0 Å². The Hall–Kier alpha value is -1.02. The van der Waals surface area contributed by atoms with Gasteiger partial charge in [-0.1, -0.05) is 38.8 Å². The highest BCUT2D eigenvalue weighted by Gasteiger charge is 2.30. The van der Waals surface area contributed by atoms with Crippen molar-refractivity contribution in [3.05, 3.63) is 29.8 Å². The minimum atomic E-state index is -1.25. The first kappa shape index (κ1) is 24.2. The zero-order valence-electron chi connectivity index (χ0n) is 14.4. The molecular weight excluding hydrogens is 407 g/mol. The lowest BCUT2D eigenvalue weighted by Crippen LogP contribution is -3.00. The summed E-state index contributed by atoms with van der Waals surface area (Å²) in [5.74, 6) is 0.350. The number of hydrogen-bond donors (Lipinski definition) is 3. The number of nitrogens with one attached hydrogen (secondary N) is 1. The fourth-order valence-corrected chi connectivity index (χ4v) is 2.28. The van der Waals surface area contributed by atoms with Gasteiger partial charge in [0.2, 0.25) is 0 Å². The van der Waals surface area contributed by atoms with Gasteiger partial charge in [-0.3, -0.25) is 0 Å². The molecule has 0 saturated heterocycles. The van der Waals surface area contributed by atoms with E-state index in [1.807, 2.05) is 17.4 Å². The van der Waals surface area contributed by atoms with Crippen LogP contribution in [0.5, 0.6) is 5.75 Å². The third-order valence-electron chi connectivity index (χ3n) is 3.68. The molecule has 23 heavy (non-hydrogen) atoms. The number of halogens is 1. The van der Waals surface area contributed by atoms with E-state index >= 15 is 0 Å². The van der Waals surface area contributed by atoms with Gasteiger partial charge >= 0.3 is 0 Å². The van der Waals surface area contributed by atoms with Crippen LogP contribution in [0.2, 0.25) is 0 Å². The van der Waals surface area contributed by atoms with Crippen molar-refractivity contribution in [2.24, 2.45) is 0 Å². The van der Waals surface area contributed by atoms with Gasteiger partial charge < -0.3 is 50.0 Å². The topological polar surface area (TPSA) is 100 Å². The second kappa shape index (κ2) is 13.4. The van der Waals surface area contributed by atoms with E-state index in [1.54, 1.807) is 6.07 Å². The quantitative estimate of drug-likeness (QED) is 0.466. The van der Waals surface area contributed by atoms with Gasteiger partial charge in [0.25, 0.3) is 0 Å². The molecule has 0 atom stereocenters. The van der Waals surface area contributed by atoms with Crippen LogP contribution in [0, 0.1) is 0 Å². The Morgan fingerprint density at radius 1 is 1.26 bits per heavy atom. The number of phenols is 1. The molecule has 0 aromatic heterocycles. The van der Waals surface area contributed by atoms with Crippen LogP contribution >= 0.6 is 0 Å². The molecule has 0 aliphatic heterocycles. The number of hydrogen-bond acceptors (Lipinski definition) is 3. The molecule has 1 aromatic rings. The first-order valence-electron chi connectivity index (χ1n) is 7.93. The number of carboxylic acid groups (broad SMARTS) is 1. The summed E-state index contributed by atoms with van der Waals surface area (Å²) in [6.07, 6.45) is 5.75. The Bertz CT molecular complexity index is 434. The Kier molecular flexibility index (Phi) is 14.1. The summed E-state index contributed by atoms with van der Waals surface area (Å²) in [7, 11) is 1.29. The highest BCUT2D eigenvalue weighted by atomic mass is 127. The molecule has 0 fully saturated rings. The molecular formula is C17H30IN2O3-. The van der Waals surface area contributed by atoms with Crippen LogP contribution in [0.1, 0.15) is 57.9 Å². The number of amides is 1. The van der Waals surface area contributed by atoms with Gasteiger partial charge in [-0.25, -0.2) is 0 Å². The number of quaternary nitrogens is 1. The molecule has 5 nitrogen and oxygen atoms in total. The van der Waals surface area contributed by atoms with E-state index in [1.165, 1.54) is 38.3 Å². The van der Waals surface area contributed by atoms with E-state index in [0.717, 1.165) is 12.8 Å². The van der Waals surface area contributed by atoms with E-state index in [4.69, 9.17) is 9.90 Å². The van der Waals surface area contributed by atoms with Crippen LogP contribution in [0.15, 0.2) is 24.3 Å². The second-order valence-electron chi connectivity index (χ2n) is 5.58. The second-order valence-corrected chi connectivity index (χ2v) is 5.58. The lowest BCUT2D eigenvalue weighted by molar-refractivity contribution is -0.492. The Morgan fingerprint density at radius 3 is 2.09 bits per heavy atom. The van der Waals surface area contributed by atoms with E-state index in [2.05, 4.69) is 25.6 Å². The number of benzene rings is 1. The fourth-order valence-electron chi connectivity index (χ4n) is 2.28. The molecule has 1 aromatic carbocycles. The van der Waals surface area contributed by atoms with Crippen LogP contribution in [-0.2, 0) is 5.54 Å². The first-order chi connectivity index (χ1) is 10.4. The van der Waals surface area contributed by atoms with Gasteiger partial charge in [-0.05, 0) is 25.0 Å². The largest absolute Gasteiger partial charge is 1.00 e. The summed E-state index contributed by atoms with van der Waals surface area (Å²) >= 11 is 0. The molecule has 1 rings (SSSR count). The molecule has 0 bridgehead atoms. The molecule has 6 heteroatoms. The van der Waals surface area contributed by atoms with Crippen molar-refractivity contribution in [2.45, 2.75) is 57.9 Å². The van der Waals surface area contributed by atoms with E-state index in [9.17, 15) is 5.11 Å². The number of unbranched alkanes of at least 4 members (excludes halogenated alkanes) is 2. The number of rotatable bonds is 7. The number of carbonyl (C=O) groups is 1. The molecule has 0 aliphatic rings. The molecule has 0 aliphatic carbocycles. The summed E-state index contributed by atoms with van der Waals surface area (Å²) in [4.78, 5) is 9.15. The summed E-state index contributed by atoms with van der Waals surface area (Å²) in [6, 6.07) is 7.61. The zero-order valence-corrected chi connectivity index (χ0v) is 16.6. The van der Waals surface area contributed by atoms with Gasteiger partial charge in [0.05, 0.1) is 0 Å². The molecule has 0 heterocycles. The Morgan fingerprint density at radius 2 is 1.74 bits per heavy atom. The maximum atomic E-state index is 9.60. The van der Waals surface area contributed by atoms with Gasteiger partial charge in [0.1, 0.15) is 17.4 Å². The number of carbonyl (C=O) groups excluding carboxylic acids is 1. The van der Waals surface area contributed by atoms with Crippen LogP contribution < -0.4 is 40.1 Å². The predicted molar refractivity (Wildman–Crippen MR) is 86.2 cm³/mol. The Balaban J connectivity index is 0. The first-order valence-corrected chi connectivity index (χ1v) is 7.93. The monoisotopic (exact) mass is 437 g/mol. The summed E-state index contributed by atoms with van der Waals surface area (Å²) in [6.45, 7) is 4.42. The molecule has 0 saturated carbocycles. The van der Waals surface area contributed by atoms with Crippen LogP contribution in [-0.4, -0.2) is 18.2 Å². The van der Waals surface area contributed by atoms with Crippen molar-refractivity contribution in [3.63, 3.8) is 0 Å². The van der Waals surface area contributed by atoms with Crippen molar-refractivity contribution in [3.8, 4) is 5.75 Å². The maximum absolute atomic E-state index is 9.60. The molecule has 0 unspecified atom stereocenters. The third kappa shape index (κ3) is 10.4. The number of phenolic OH excluding ortho intramolecular Hbond substituents is 1. The van der Waals surface area contributed by atoms with Crippen LogP contribution in [0.4, 0.5) is 4.79 Å². The number of aromatic hydroxyl groups is 1. The van der Waals surface area contributed by atoms with E-state index < -0.39 is 6.09 Å². The normalized spacial score (nSPS) is 10.1. The summed E-state index contributed by atoms with van der Waals surface area (Å²) < 4.78 is 0. The lowest BCUT2D eigenvalue weighted by atomic mass is 9.81. The fraction of sp³-hybridized carbons (Fsp3) is 0.588. The third-order valence-corrected chi connectivity index (χ3v) is 3.68. The molecule has 134 valence electrons. The van der Waals surface area contributed by atoms with Gasteiger partial charge in [0.15, 0.2) is 0 Å². The molecule has 5 N–H and O–H groups in total. The maximum Gasteiger partial charge on any atom is 0.133 e. The molecule has 0 radical (unpaired) electrons. The van der Waals surface area contributed by atoms with Gasteiger partial charge in [-0.15, -0.1) is 0 Å². The SMILES string of the molecule is CCCCC([NH3+])(CCCC)c1cccc(O)c1.CNC(=O)[O-].[I-]. The van der Waals surface area contributed by atoms with E-state index in [-0.39, 0.29) is 29.5 Å². The van der Waals surface area contributed by atoms with Gasteiger partial charge in [0, 0.05) is 25.5 Å². The Labute approximate surface area is 156 Å². The minimum absolute atomic E-state index is 0. The predicted octanol–water partition coefficient (Wildman–Crippen LogP) is -1.24. The van der Waals surface area contributed by atoms with Crippen molar-refractivity contribution >= 4 is 6.09 Å². The molecule has 0 spiro atoms. The van der Waals surface area contributed by atoms with E-state index in [0.29, 0.717) is 5.75 Å². The average Bonchev–Trinajstić information content (AvgIpc) is 2.51. The summed E-state index contributed by atoms with van der Waals surface area (Å²) in [5, 5.41) is 20.6. The molecule has 1 amide bonds. The van der Waals surface area contributed by atoms with Crippen LogP contribution in [0.3, 0.4) is 0 Å². The highest BCUT2D eigenvalue weighted by Crippen LogP contribution is 2.29. The highest BCUT2D eigenvalue weighted by molar-refractivity contribution is 5.61. The smallest absolute Gasteiger partial charge is 0.133 e. The standard InChI is InChI=1S/C15H25NO.C2H5NO2.HI/c1-3-5-10-15(16,11-6-4-2)13-8-7-9-14(17)12-13;1-3-2(4)5;/h7-9,12,17H,3-6,10-11,16H2,1-2H3;3H,1H3,(H,4,5);1H/p-1. The zero-order chi connectivity index (χ0) is 17.0. The minimum Gasteiger partial charge on any atom is -1.00 e. The van der Waals surface area contributed by atoms with Gasteiger partial charge in [-0.2, -0.15) is 0 Å². The van der Waals surface area contributed by atoms with Crippen molar-refractivity contribution in [1.82, 2.24) is 5.32 Å². The van der Waals surface area contributed by atoms with Crippen molar-refractivity contribution < 1.29 is 44.7 Å². The average molecular weight is 437 g/mol. The van der Waals surface area contributed by atoms with Crippen LogP contribution in [0.25, 0.3) is 0 Å². The summed E-state index contributed by atoms with van der Waals surface area (Å²) in [5.41, 5.74) is 5.60. The van der Waals surface area contributed by atoms with Crippen molar-refractivity contribution in [2.75, 3.05) is 7.05 Å².